The number of ether oxygens (including phenoxy) is 2. The van der Waals surface area contributed by atoms with Crippen molar-refractivity contribution in [3.8, 4) is 22.9 Å². The predicted molar refractivity (Wildman–Crippen MR) is 123 cm³/mol. The third kappa shape index (κ3) is 6.17. The zero-order valence-corrected chi connectivity index (χ0v) is 18.3. The number of carboxylic acid groups (broad SMARTS) is 1. The SMILES string of the molecule is O=C(O)c1cc(-c2ccc(OCc3ccccc3)nc2OCc2ccccc2)cc(C(F)(F)F)c1. The first kappa shape index (κ1) is 23.8. The predicted octanol–water partition coefficient (Wildman–Crippen LogP) is 6.62. The lowest BCUT2D eigenvalue weighted by molar-refractivity contribution is -0.137. The maximum atomic E-state index is 13.5. The van der Waals surface area contributed by atoms with E-state index in [4.69, 9.17) is 9.47 Å². The van der Waals surface area contributed by atoms with Crippen molar-refractivity contribution in [1.29, 1.82) is 0 Å². The van der Waals surface area contributed by atoms with Crippen molar-refractivity contribution in [2.75, 3.05) is 0 Å². The maximum Gasteiger partial charge on any atom is 0.416 e. The molecule has 0 fully saturated rings. The second-order valence-corrected chi connectivity index (χ2v) is 7.65. The van der Waals surface area contributed by atoms with E-state index in [2.05, 4.69) is 4.98 Å². The minimum atomic E-state index is -4.72. The van der Waals surface area contributed by atoms with Crippen LogP contribution >= 0.6 is 0 Å². The summed E-state index contributed by atoms with van der Waals surface area (Å²) in [6.45, 7) is 0.339. The highest BCUT2D eigenvalue weighted by molar-refractivity contribution is 5.90. The van der Waals surface area contributed by atoms with E-state index < -0.39 is 23.3 Å². The Morgan fingerprint density at radius 3 is 1.97 bits per heavy atom. The normalized spacial score (nSPS) is 11.2. The number of hydrogen-bond donors (Lipinski definition) is 1. The highest BCUT2D eigenvalue weighted by Gasteiger charge is 2.32. The zero-order valence-electron chi connectivity index (χ0n) is 18.3. The van der Waals surface area contributed by atoms with Crippen LogP contribution in [0.1, 0.15) is 27.0 Å². The molecule has 0 aliphatic rings. The lowest BCUT2D eigenvalue weighted by atomic mass is 10.00. The van der Waals surface area contributed by atoms with Crippen LogP contribution in [-0.2, 0) is 19.4 Å². The van der Waals surface area contributed by atoms with Gasteiger partial charge in [0.05, 0.1) is 11.1 Å². The van der Waals surface area contributed by atoms with Crippen LogP contribution in [0.15, 0.2) is 91.0 Å². The van der Waals surface area contributed by atoms with Gasteiger partial charge < -0.3 is 14.6 Å². The molecule has 1 N–H and O–H groups in total. The summed E-state index contributed by atoms with van der Waals surface area (Å²) in [4.78, 5) is 15.9. The smallest absolute Gasteiger partial charge is 0.416 e. The standard InChI is InChI=1S/C27H20F3NO4/c28-27(29,30)22-14-20(13-21(15-22)26(32)33)23-11-12-24(34-16-18-7-3-1-4-8-18)31-25(23)35-17-19-9-5-2-6-10-19/h1-15H,16-17H2,(H,32,33). The Bertz CT molecular complexity index is 1310. The molecule has 0 aliphatic heterocycles. The summed E-state index contributed by atoms with van der Waals surface area (Å²) in [5.74, 6) is -1.24. The molecule has 0 spiro atoms. The second kappa shape index (κ2) is 10.3. The first-order valence-corrected chi connectivity index (χ1v) is 10.6. The van der Waals surface area contributed by atoms with E-state index in [1.807, 2.05) is 60.7 Å². The van der Waals surface area contributed by atoms with E-state index in [0.29, 0.717) is 6.07 Å². The van der Waals surface area contributed by atoms with Gasteiger partial charge in [-0.2, -0.15) is 18.2 Å². The van der Waals surface area contributed by atoms with Gasteiger partial charge in [0, 0.05) is 11.6 Å². The monoisotopic (exact) mass is 479 g/mol. The fourth-order valence-corrected chi connectivity index (χ4v) is 3.36. The molecule has 0 atom stereocenters. The van der Waals surface area contributed by atoms with E-state index in [9.17, 15) is 23.1 Å². The van der Waals surface area contributed by atoms with Gasteiger partial charge in [0.15, 0.2) is 0 Å². The number of rotatable bonds is 8. The first-order chi connectivity index (χ1) is 16.8. The Labute approximate surface area is 199 Å². The number of alkyl halides is 3. The van der Waals surface area contributed by atoms with Crippen LogP contribution in [0.25, 0.3) is 11.1 Å². The number of hydrogen-bond acceptors (Lipinski definition) is 4. The Morgan fingerprint density at radius 1 is 0.800 bits per heavy atom. The molecule has 3 aromatic carbocycles. The van der Waals surface area contributed by atoms with Crippen LogP contribution < -0.4 is 9.47 Å². The number of benzene rings is 3. The topological polar surface area (TPSA) is 68.7 Å². The van der Waals surface area contributed by atoms with Crippen molar-refractivity contribution in [3.63, 3.8) is 0 Å². The number of aromatic nitrogens is 1. The van der Waals surface area contributed by atoms with Crippen molar-refractivity contribution < 1.29 is 32.5 Å². The molecule has 8 heteroatoms. The minimum absolute atomic E-state index is 0.0161. The van der Waals surface area contributed by atoms with Gasteiger partial charge in [-0.15, -0.1) is 0 Å². The Balaban J connectivity index is 1.72. The molecule has 1 heterocycles. The molecule has 0 unspecified atom stereocenters. The van der Waals surface area contributed by atoms with E-state index in [1.165, 1.54) is 12.1 Å². The van der Waals surface area contributed by atoms with E-state index in [0.717, 1.165) is 23.3 Å². The van der Waals surface area contributed by atoms with Gasteiger partial charge >= 0.3 is 12.1 Å². The van der Waals surface area contributed by atoms with E-state index >= 15 is 0 Å². The van der Waals surface area contributed by atoms with Crippen LogP contribution in [0.3, 0.4) is 0 Å². The molecule has 35 heavy (non-hydrogen) atoms. The maximum absolute atomic E-state index is 13.5. The van der Waals surface area contributed by atoms with Crippen molar-refractivity contribution in [2.45, 2.75) is 19.4 Å². The summed E-state index contributed by atoms with van der Waals surface area (Å²) in [6, 6.07) is 24.2. The number of carboxylic acids is 1. The summed E-state index contributed by atoms with van der Waals surface area (Å²) >= 11 is 0. The van der Waals surface area contributed by atoms with E-state index in [-0.39, 0.29) is 36.1 Å². The third-order valence-electron chi connectivity index (χ3n) is 5.10. The average molecular weight is 479 g/mol. The molecule has 1 aromatic heterocycles. The molecule has 0 aliphatic carbocycles. The van der Waals surface area contributed by atoms with Gasteiger partial charge in [-0.1, -0.05) is 60.7 Å². The van der Waals surface area contributed by atoms with Crippen LogP contribution in [-0.4, -0.2) is 16.1 Å². The zero-order chi connectivity index (χ0) is 24.8. The second-order valence-electron chi connectivity index (χ2n) is 7.65. The molecule has 0 saturated heterocycles. The fourth-order valence-electron chi connectivity index (χ4n) is 3.36. The largest absolute Gasteiger partial charge is 0.478 e. The van der Waals surface area contributed by atoms with Crippen LogP contribution in [0.2, 0.25) is 0 Å². The van der Waals surface area contributed by atoms with Crippen LogP contribution in [0.4, 0.5) is 13.2 Å². The van der Waals surface area contributed by atoms with Gasteiger partial charge in [-0.3, -0.25) is 0 Å². The summed E-state index contributed by atoms with van der Waals surface area (Å²) in [6.07, 6.45) is -4.72. The van der Waals surface area contributed by atoms with Crippen molar-refractivity contribution >= 4 is 5.97 Å². The van der Waals surface area contributed by atoms with Gasteiger partial charge in [-0.25, -0.2) is 4.79 Å². The quantitative estimate of drug-likeness (QED) is 0.307. The van der Waals surface area contributed by atoms with E-state index in [1.54, 1.807) is 0 Å². The third-order valence-corrected chi connectivity index (χ3v) is 5.10. The first-order valence-electron chi connectivity index (χ1n) is 10.6. The lowest BCUT2D eigenvalue weighted by Crippen LogP contribution is -2.08. The summed E-state index contributed by atoms with van der Waals surface area (Å²) in [5, 5.41) is 9.36. The van der Waals surface area contributed by atoms with Gasteiger partial charge in [0.25, 0.3) is 0 Å². The Hall–Kier alpha value is -4.33. The number of aromatic carboxylic acids is 1. The molecule has 0 amide bonds. The number of carbonyl (C=O) groups is 1. The molecule has 4 aromatic rings. The lowest BCUT2D eigenvalue weighted by Gasteiger charge is -2.15. The van der Waals surface area contributed by atoms with Gasteiger partial charge in [0.1, 0.15) is 13.2 Å². The minimum Gasteiger partial charge on any atom is -0.478 e. The highest BCUT2D eigenvalue weighted by Crippen LogP contribution is 2.37. The Kier molecular flexibility index (Phi) is 7.01. The molecule has 0 radical (unpaired) electrons. The van der Waals surface area contributed by atoms with Crippen molar-refractivity contribution in [2.24, 2.45) is 0 Å². The van der Waals surface area contributed by atoms with Crippen molar-refractivity contribution in [3.05, 3.63) is 113 Å². The molecular formula is C27H20F3NO4. The summed E-state index contributed by atoms with van der Waals surface area (Å²) < 4.78 is 52.0. The molecule has 5 nitrogen and oxygen atoms in total. The Morgan fingerprint density at radius 2 is 1.40 bits per heavy atom. The molecular weight excluding hydrogens is 459 g/mol. The summed E-state index contributed by atoms with van der Waals surface area (Å²) in [7, 11) is 0. The molecule has 0 saturated carbocycles. The molecule has 0 bridgehead atoms. The average Bonchev–Trinajstić information content (AvgIpc) is 2.86. The number of nitrogens with zero attached hydrogens (tertiary/aromatic N) is 1. The molecule has 4 rings (SSSR count). The highest BCUT2D eigenvalue weighted by atomic mass is 19.4. The summed E-state index contributed by atoms with van der Waals surface area (Å²) in [5.41, 5.74) is 0.392. The van der Waals surface area contributed by atoms with Gasteiger partial charge in [-0.05, 0) is 41.0 Å². The van der Waals surface area contributed by atoms with Crippen molar-refractivity contribution in [1.82, 2.24) is 4.98 Å². The fraction of sp³-hybridized carbons (Fsp3) is 0.111. The number of pyridine rings is 1. The number of halogens is 3. The van der Waals surface area contributed by atoms with Crippen LogP contribution in [0.5, 0.6) is 11.8 Å². The van der Waals surface area contributed by atoms with Gasteiger partial charge in [0.2, 0.25) is 11.8 Å². The molecule has 178 valence electrons. The van der Waals surface area contributed by atoms with Crippen LogP contribution in [0, 0.1) is 0 Å².